The summed E-state index contributed by atoms with van der Waals surface area (Å²) >= 11 is 0.985. The monoisotopic (exact) mass is 563 g/mol. The molecule has 40 heavy (non-hydrogen) atoms. The maximum Gasteiger partial charge on any atom is 0.350 e. The van der Waals surface area contributed by atoms with Gasteiger partial charge in [0, 0.05) is 25.3 Å². The third-order valence-electron chi connectivity index (χ3n) is 5.74. The van der Waals surface area contributed by atoms with Gasteiger partial charge in [-0.25, -0.2) is 18.8 Å². The van der Waals surface area contributed by atoms with Crippen LogP contribution in [0, 0.1) is 0 Å². The third kappa shape index (κ3) is 7.76. The molecule has 1 aliphatic heterocycles. The number of hydrogen-bond acceptors (Lipinski definition) is 8. The summed E-state index contributed by atoms with van der Waals surface area (Å²) in [5.74, 6) is -1.83. The minimum atomic E-state index is -1.83. The van der Waals surface area contributed by atoms with Crippen LogP contribution in [0.5, 0.6) is 0 Å². The number of nitrogens with zero attached hydrogens (tertiary/aromatic N) is 2. The van der Waals surface area contributed by atoms with Crippen LogP contribution < -0.4 is 11.0 Å². The summed E-state index contributed by atoms with van der Waals surface area (Å²) in [6, 6.07) is 19.5. The Hall–Kier alpha value is -4.51. The topological polar surface area (TPSA) is 117 Å². The van der Waals surface area contributed by atoms with Crippen LogP contribution in [0.2, 0.25) is 0 Å². The van der Waals surface area contributed by atoms with Crippen LogP contribution in [0.4, 0.5) is 10.2 Å². The SMILES string of the molecule is CC(=O)Nc1ccn([C@@H]2S[C@H](COC(=O)C=Cc3ccccc3)[C@@H](OC(=O)C=Cc3ccccc3)[C@@H]2F)c(=O)n1. The fraction of sp³-hybridized carbons (Fsp3) is 0.207. The number of carbonyl (C=O) groups is 3. The minimum absolute atomic E-state index is 0.0249. The highest BCUT2D eigenvalue weighted by molar-refractivity contribution is 8.00. The normalized spacial score (nSPS) is 20.4. The summed E-state index contributed by atoms with van der Waals surface area (Å²) in [7, 11) is 0. The van der Waals surface area contributed by atoms with Crippen LogP contribution in [-0.4, -0.2) is 51.5 Å². The van der Waals surface area contributed by atoms with Crippen LogP contribution in [0.1, 0.15) is 23.4 Å². The summed E-state index contributed by atoms with van der Waals surface area (Å²) in [5, 5.41) is 0.463. The van der Waals surface area contributed by atoms with Crippen molar-refractivity contribution in [3.8, 4) is 0 Å². The first-order chi connectivity index (χ1) is 19.3. The second kappa shape index (κ2) is 13.5. The van der Waals surface area contributed by atoms with E-state index >= 15 is 4.39 Å². The molecule has 1 N–H and O–H groups in total. The molecule has 0 aliphatic carbocycles. The maximum atomic E-state index is 15.8. The molecule has 0 spiro atoms. The molecule has 11 heteroatoms. The maximum absolute atomic E-state index is 15.8. The van der Waals surface area contributed by atoms with E-state index in [0.29, 0.717) is 0 Å². The van der Waals surface area contributed by atoms with E-state index in [4.69, 9.17) is 9.47 Å². The van der Waals surface area contributed by atoms with Crippen LogP contribution in [0.15, 0.2) is 89.9 Å². The van der Waals surface area contributed by atoms with Gasteiger partial charge in [-0.15, -0.1) is 11.8 Å². The van der Waals surface area contributed by atoms with Crippen LogP contribution in [0.25, 0.3) is 12.2 Å². The van der Waals surface area contributed by atoms with Gasteiger partial charge in [-0.05, 0) is 29.3 Å². The molecule has 1 aliphatic rings. The standard InChI is InChI=1S/C29H26FN3O6S/c1-19(34)31-23-16-17-33(29(37)32-23)28-26(30)27(39-25(36)15-13-21-10-6-3-7-11-21)22(40-28)18-38-24(35)14-12-20-8-4-2-5-9-20/h2-17,22,26-28H,18H2,1H3,(H,31,32,34,37)/t22-,26+,27-,28-/m1/s1. The lowest BCUT2D eigenvalue weighted by Crippen LogP contribution is -2.37. The molecule has 9 nitrogen and oxygen atoms in total. The van der Waals surface area contributed by atoms with Crippen molar-refractivity contribution in [3.05, 3.63) is 107 Å². The van der Waals surface area contributed by atoms with Crippen molar-refractivity contribution >= 4 is 47.6 Å². The highest BCUT2D eigenvalue weighted by atomic mass is 32.2. The van der Waals surface area contributed by atoms with Gasteiger partial charge in [-0.2, -0.15) is 4.98 Å². The van der Waals surface area contributed by atoms with E-state index in [-0.39, 0.29) is 12.4 Å². The number of aromatic nitrogens is 2. The molecule has 4 atom stereocenters. The Morgan fingerprint density at radius 1 is 0.975 bits per heavy atom. The molecule has 1 saturated heterocycles. The fourth-order valence-corrected chi connectivity index (χ4v) is 5.35. The lowest BCUT2D eigenvalue weighted by Gasteiger charge is -2.20. The summed E-state index contributed by atoms with van der Waals surface area (Å²) in [6.07, 6.45) is 3.70. The van der Waals surface area contributed by atoms with Crippen molar-refractivity contribution < 1.29 is 28.2 Å². The molecule has 1 fully saturated rings. The quantitative estimate of drug-likeness (QED) is 0.306. The Bertz CT molecular complexity index is 1460. The molecule has 4 rings (SSSR count). The van der Waals surface area contributed by atoms with Gasteiger partial charge in [0.1, 0.15) is 17.8 Å². The molecule has 2 aromatic carbocycles. The van der Waals surface area contributed by atoms with Gasteiger partial charge in [0.15, 0.2) is 12.3 Å². The number of nitrogens with one attached hydrogen (secondary N) is 1. The fourth-order valence-electron chi connectivity index (χ4n) is 3.89. The second-order valence-electron chi connectivity index (χ2n) is 8.71. The van der Waals surface area contributed by atoms with Crippen molar-refractivity contribution in [2.24, 2.45) is 0 Å². The zero-order chi connectivity index (χ0) is 28.5. The number of rotatable bonds is 9. The molecule has 0 saturated carbocycles. The smallest absolute Gasteiger partial charge is 0.350 e. The number of benzene rings is 2. The van der Waals surface area contributed by atoms with Crippen LogP contribution in [0.3, 0.4) is 0 Å². The van der Waals surface area contributed by atoms with Crippen LogP contribution >= 0.6 is 11.8 Å². The highest BCUT2D eigenvalue weighted by Gasteiger charge is 2.49. The average Bonchev–Trinajstić information content (AvgIpc) is 3.24. The molecule has 1 aromatic heterocycles. The Kier molecular flexibility index (Phi) is 9.63. The molecular weight excluding hydrogens is 537 g/mol. The number of alkyl halides is 1. The second-order valence-corrected chi connectivity index (χ2v) is 10.1. The van der Waals surface area contributed by atoms with E-state index in [1.54, 1.807) is 30.3 Å². The number of carbonyl (C=O) groups excluding carboxylic acids is 3. The van der Waals surface area contributed by atoms with Crippen molar-refractivity contribution in [2.75, 3.05) is 11.9 Å². The summed E-state index contributed by atoms with van der Waals surface area (Å²) in [4.78, 5) is 52.6. The number of thioether (sulfide) groups is 1. The average molecular weight is 564 g/mol. The minimum Gasteiger partial charge on any atom is -0.461 e. The third-order valence-corrected chi connectivity index (χ3v) is 7.26. The molecule has 0 unspecified atom stereocenters. The van der Waals surface area contributed by atoms with E-state index < -0.39 is 46.4 Å². The first kappa shape index (κ1) is 28.5. The Morgan fingerprint density at radius 2 is 1.57 bits per heavy atom. The van der Waals surface area contributed by atoms with Gasteiger partial charge < -0.3 is 14.8 Å². The van der Waals surface area contributed by atoms with E-state index in [0.717, 1.165) is 27.5 Å². The lowest BCUT2D eigenvalue weighted by atomic mass is 10.1. The number of amides is 1. The van der Waals surface area contributed by atoms with Gasteiger partial charge >= 0.3 is 17.6 Å². The van der Waals surface area contributed by atoms with Crippen LogP contribution in [-0.2, 0) is 23.9 Å². The summed E-state index contributed by atoms with van der Waals surface area (Å²) < 4.78 is 27.6. The molecule has 2 heterocycles. The van der Waals surface area contributed by atoms with E-state index in [1.807, 2.05) is 36.4 Å². The molecule has 0 radical (unpaired) electrons. The van der Waals surface area contributed by atoms with E-state index in [1.165, 1.54) is 37.4 Å². The molecule has 1 amide bonds. The summed E-state index contributed by atoms with van der Waals surface area (Å²) in [6.45, 7) is 0.996. The Labute approximate surface area is 233 Å². The van der Waals surface area contributed by atoms with Crippen molar-refractivity contribution in [3.63, 3.8) is 0 Å². The van der Waals surface area contributed by atoms with Crippen molar-refractivity contribution in [2.45, 2.75) is 29.8 Å². The van der Waals surface area contributed by atoms with Gasteiger partial charge in [0.25, 0.3) is 0 Å². The zero-order valence-electron chi connectivity index (χ0n) is 21.4. The summed E-state index contributed by atoms with van der Waals surface area (Å²) in [5.41, 5.74) is 0.747. The lowest BCUT2D eigenvalue weighted by molar-refractivity contribution is -0.147. The highest BCUT2D eigenvalue weighted by Crippen LogP contribution is 2.44. The molecule has 3 aromatic rings. The first-order valence-electron chi connectivity index (χ1n) is 12.3. The molecule has 0 bridgehead atoms. The molecular formula is C29H26FN3O6S. The predicted octanol–water partition coefficient (Wildman–Crippen LogP) is 4.04. The first-order valence-corrected chi connectivity index (χ1v) is 13.2. The largest absolute Gasteiger partial charge is 0.461 e. The van der Waals surface area contributed by atoms with E-state index in [2.05, 4.69) is 10.3 Å². The predicted molar refractivity (Wildman–Crippen MR) is 150 cm³/mol. The molecule has 206 valence electrons. The van der Waals surface area contributed by atoms with Gasteiger partial charge in [0.05, 0.1) is 5.25 Å². The van der Waals surface area contributed by atoms with Gasteiger partial charge in [-0.3, -0.25) is 9.36 Å². The number of halogens is 1. The Morgan fingerprint density at radius 3 is 2.15 bits per heavy atom. The van der Waals surface area contributed by atoms with Crippen molar-refractivity contribution in [1.82, 2.24) is 9.55 Å². The van der Waals surface area contributed by atoms with Gasteiger partial charge in [0.2, 0.25) is 5.91 Å². The Balaban J connectivity index is 1.50. The number of ether oxygens (including phenoxy) is 2. The van der Waals surface area contributed by atoms with Crippen molar-refractivity contribution in [1.29, 1.82) is 0 Å². The number of anilines is 1. The number of esters is 2. The zero-order valence-corrected chi connectivity index (χ0v) is 22.2. The van der Waals surface area contributed by atoms with E-state index in [9.17, 15) is 19.2 Å². The number of hydrogen-bond donors (Lipinski definition) is 1. The van der Waals surface area contributed by atoms with Gasteiger partial charge in [-0.1, -0.05) is 60.7 Å².